The van der Waals surface area contributed by atoms with Crippen LogP contribution in [0.25, 0.3) is 0 Å². The van der Waals surface area contributed by atoms with Crippen LogP contribution in [0, 0.1) is 0 Å². The SMILES string of the molecule is CN=C(NCCN1CCN(C(C)=O)CC1)NC1CC2(CCCC2)Oc2ccccc21. The Balaban J connectivity index is 1.32. The maximum Gasteiger partial charge on any atom is 0.219 e. The van der Waals surface area contributed by atoms with Crippen LogP contribution in [-0.2, 0) is 4.79 Å². The van der Waals surface area contributed by atoms with Crippen molar-refractivity contribution in [2.24, 2.45) is 4.99 Å². The fourth-order valence-corrected chi connectivity index (χ4v) is 5.05. The monoisotopic (exact) mass is 413 g/mol. The molecule has 1 unspecified atom stereocenters. The Labute approximate surface area is 179 Å². The van der Waals surface area contributed by atoms with Gasteiger partial charge in [0.2, 0.25) is 5.91 Å². The highest BCUT2D eigenvalue weighted by Gasteiger charge is 2.43. The Morgan fingerprint density at radius 2 is 1.93 bits per heavy atom. The number of nitrogens with one attached hydrogen (secondary N) is 2. The van der Waals surface area contributed by atoms with Crippen molar-refractivity contribution in [2.45, 2.75) is 50.7 Å². The maximum absolute atomic E-state index is 11.5. The first-order valence-corrected chi connectivity index (χ1v) is 11.3. The molecule has 1 atom stereocenters. The lowest BCUT2D eigenvalue weighted by molar-refractivity contribution is -0.130. The minimum Gasteiger partial charge on any atom is -0.487 e. The fourth-order valence-electron chi connectivity index (χ4n) is 5.05. The van der Waals surface area contributed by atoms with E-state index in [9.17, 15) is 4.79 Å². The maximum atomic E-state index is 11.5. The van der Waals surface area contributed by atoms with E-state index >= 15 is 0 Å². The molecule has 0 aromatic heterocycles. The van der Waals surface area contributed by atoms with Gasteiger partial charge < -0.3 is 20.3 Å². The van der Waals surface area contributed by atoms with Crippen molar-refractivity contribution < 1.29 is 9.53 Å². The molecule has 164 valence electrons. The Kier molecular flexibility index (Phi) is 6.46. The summed E-state index contributed by atoms with van der Waals surface area (Å²) in [6, 6.07) is 8.61. The van der Waals surface area contributed by atoms with Gasteiger partial charge in [0.1, 0.15) is 11.4 Å². The van der Waals surface area contributed by atoms with Crippen molar-refractivity contribution in [2.75, 3.05) is 46.3 Å². The van der Waals surface area contributed by atoms with Gasteiger partial charge in [0, 0.05) is 65.2 Å². The number of benzene rings is 1. The van der Waals surface area contributed by atoms with Crippen molar-refractivity contribution in [3.63, 3.8) is 0 Å². The third-order valence-corrected chi connectivity index (χ3v) is 6.78. The van der Waals surface area contributed by atoms with Crippen LogP contribution < -0.4 is 15.4 Å². The van der Waals surface area contributed by atoms with Crippen molar-refractivity contribution in [3.8, 4) is 5.75 Å². The molecule has 0 radical (unpaired) electrons. The minimum atomic E-state index is -0.0265. The summed E-state index contributed by atoms with van der Waals surface area (Å²) in [5.41, 5.74) is 1.19. The molecule has 1 aromatic rings. The van der Waals surface area contributed by atoms with E-state index in [4.69, 9.17) is 4.74 Å². The summed E-state index contributed by atoms with van der Waals surface area (Å²) in [6.45, 7) is 6.94. The zero-order valence-electron chi connectivity index (χ0n) is 18.3. The number of rotatable bonds is 4. The highest BCUT2D eigenvalue weighted by Crippen LogP contribution is 2.46. The van der Waals surface area contributed by atoms with E-state index in [0.29, 0.717) is 0 Å². The molecule has 2 aliphatic heterocycles. The lowest BCUT2D eigenvalue weighted by Gasteiger charge is -2.40. The van der Waals surface area contributed by atoms with Gasteiger partial charge >= 0.3 is 0 Å². The minimum absolute atomic E-state index is 0.0265. The standard InChI is InChI=1S/C23H35N5O2/c1-18(29)28-15-13-27(14-16-28)12-11-25-22(24-2)26-20-17-23(9-5-6-10-23)30-21-8-4-3-7-19(20)21/h3-4,7-8,20H,5-6,9-17H2,1-2H3,(H2,24,25,26). The first-order valence-electron chi connectivity index (χ1n) is 11.3. The number of hydrogen-bond donors (Lipinski definition) is 2. The number of carbonyl (C=O) groups is 1. The van der Waals surface area contributed by atoms with Gasteiger partial charge in [-0.25, -0.2) is 0 Å². The number of guanidine groups is 1. The number of hydrogen-bond acceptors (Lipinski definition) is 4. The Hall–Kier alpha value is -2.28. The van der Waals surface area contributed by atoms with Crippen LogP contribution in [0.4, 0.5) is 0 Å². The summed E-state index contributed by atoms with van der Waals surface area (Å²) in [4.78, 5) is 20.3. The van der Waals surface area contributed by atoms with Crippen LogP contribution in [0.2, 0.25) is 0 Å². The van der Waals surface area contributed by atoms with E-state index in [2.05, 4.69) is 44.8 Å². The van der Waals surface area contributed by atoms with Crippen LogP contribution >= 0.6 is 0 Å². The molecule has 1 spiro atoms. The molecule has 1 aliphatic carbocycles. The number of fused-ring (bicyclic) bond motifs is 1. The van der Waals surface area contributed by atoms with E-state index in [1.165, 1.54) is 18.4 Å². The topological polar surface area (TPSA) is 69.2 Å². The van der Waals surface area contributed by atoms with Crippen LogP contribution in [-0.4, -0.2) is 73.6 Å². The second kappa shape index (κ2) is 9.25. The largest absolute Gasteiger partial charge is 0.487 e. The lowest BCUT2D eigenvalue weighted by Crippen LogP contribution is -2.51. The van der Waals surface area contributed by atoms with E-state index in [-0.39, 0.29) is 17.6 Å². The molecule has 0 bridgehead atoms. The second-order valence-electron chi connectivity index (χ2n) is 8.78. The third-order valence-electron chi connectivity index (χ3n) is 6.78. The normalized spacial score (nSPS) is 23.7. The summed E-state index contributed by atoms with van der Waals surface area (Å²) in [5.74, 6) is 2.03. The van der Waals surface area contributed by atoms with Crippen molar-refractivity contribution >= 4 is 11.9 Å². The zero-order valence-corrected chi connectivity index (χ0v) is 18.3. The van der Waals surface area contributed by atoms with Crippen LogP contribution in [0.1, 0.15) is 50.6 Å². The molecule has 7 nitrogen and oxygen atoms in total. The van der Waals surface area contributed by atoms with E-state index in [0.717, 1.165) is 70.2 Å². The highest BCUT2D eigenvalue weighted by atomic mass is 16.5. The zero-order chi connectivity index (χ0) is 21.0. The number of ether oxygens (including phenoxy) is 1. The molecule has 1 saturated carbocycles. The van der Waals surface area contributed by atoms with E-state index in [1.54, 1.807) is 6.92 Å². The number of para-hydroxylation sites is 1. The molecular weight excluding hydrogens is 378 g/mol. The molecule has 3 aliphatic rings. The molecule has 1 aromatic carbocycles. The summed E-state index contributed by atoms with van der Waals surface area (Å²) in [5, 5.41) is 7.14. The van der Waals surface area contributed by atoms with Crippen LogP contribution in [0.15, 0.2) is 29.3 Å². The average Bonchev–Trinajstić information content (AvgIpc) is 3.20. The second-order valence-corrected chi connectivity index (χ2v) is 8.78. The number of amides is 1. The highest BCUT2D eigenvalue weighted by molar-refractivity contribution is 5.80. The van der Waals surface area contributed by atoms with Crippen LogP contribution in [0.3, 0.4) is 0 Å². The fraction of sp³-hybridized carbons (Fsp3) is 0.652. The number of aliphatic imine (C=N–C) groups is 1. The molecule has 4 rings (SSSR count). The quantitative estimate of drug-likeness (QED) is 0.585. The van der Waals surface area contributed by atoms with Gasteiger partial charge in [-0.05, 0) is 31.7 Å². The average molecular weight is 414 g/mol. The predicted molar refractivity (Wildman–Crippen MR) is 119 cm³/mol. The van der Waals surface area contributed by atoms with E-state index < -0.39 is 0 Å². The summed E-state index contributed by atoms with van der Waals surface area (Å²) in [7, 11) is 1.83. The molecule has 2 fully saturated rings. The molecule has 2 heterocycles. The number of piperazine rings is 1. The van der Waals surface area contributed by atoms with Gasteiger partial charge in [0.05, 0.1) is 6.04 Å². The van der Waals surface area contributed by atoms with Gasteiger partial charge in [-0.1, -0.05) is 18.2 Å². The molecular formula is C23H35N5O2. The van der Waals surface area contributed by atoms with Crippen LogP contribution in [0.5, 0.6) is 5.75 Å². The van der Waals surface area contributed by atoms with Crippen molar-refractivity contribution in [3.05, 3.63) is 29.8 Å². The number of nitrogens with zero attached hydrogens (tertiary/aromatic N) is 3. The summed E-state index contributed by atoms with van der Waals surface area (Å²) in [6.07, 6.45) is 5.75. The molecule has 1 saturated heterocycles. The molecule has 2 N–H and O–H groups in total. The van der Waals surface area contributed by atoms with Gasteiger partial charge in [-0.2, -0.15) is 0 Å². The summed E-state index contributed by atoms with van der Waals surface area (Å²) >= 11 is 0. The third kappa shape index (κ3) is 4.72. The Bertz CT molecular complexity index is 767. The Morgan fingerprint density at radius 1 is 1.20 bits per heavy atom. The molecule has 30 heavy (non-hydrogen) atoms. The smallest absolute Gasteiger partial charge is 0.219 e. The van der Waals surface area contributed by atoms with E-state index in [1.807, 2.05) is 11.9 Å². The predicted octanol–water partition coefficient (Wildman–Crippen LogP) is 2.15. The molecule has 1 amide bonds. The molecule has 7 heteroatoms. The van der Waals surface area contributed by atoms with Crippen molar-refractivity contribution in [1.29, 1.82) is 0 Å². The first kappa shape index (κ1) is 21.0. The van der Waals surface area contributed by atoms with Gasteiger partial charge in [-0.15, -0.1) is 0 Å². The van der Waals surface area contributed by atoms with Crippen molar-refractivity contribution in [1.82, 2.24) is 20.4 Å². The number of carbonyl (C=O) groups excluding carboxylic acids is 1. The first-order chi connectivity index (χ1) is 14.6. The van der Waals surface area contributed by atoms with Gasteiger partial charge in [0.25, 0.3) is 0 Å². The van der Waals surface area contributed by atoms with Gasteiger partial charge in [-0.3, -0.25) is 14.7 Å². The lowest BCUT2D eigenvalue weighted by atomic mass is 9.86. The Morgan fingerprint density at radius 3 is 2.63 bits per heavy atom. The van der Waals surface area contributed by atoms with Gasteiger partial charge in [0.15, 0.2) is 5.96 Å². The summed E-state index contributed by atoms with van der Waals surface area (Å²) < 4.78 is 6.48.